The zero-order chi connectivity index (χ0) is 15.2. The molecule has 7 heteroatoms. The lowest BCUT2D eigenvalue weighted by Crippen LogP contribution is -2.22. The Balaban J connectivity index is 1.95. The molecule has 0 fully saturated rings. The van der Waals surface area contributed by atoms with Crippen LogP contribution in [0.2, 0.25) is 0 Å². The first kappa shape index (κ1) is 15.2. The third-order valence-electron chi connectivity index (χ3n) is 3.15. The third-order valence-corrected chi connectivity index (χ3v) is 4.08. The second-order valence-corrected chi connectivity index (χ2v) is 5.37. The van der Waals surface area contributed by atoms with Gasteiger partial charge in [0.05, 0.1) is 16.8 Å². The Kier molecular flexibility index (Phi) is 5.10. The van der Waals surface area contributed by atoms with Gasteiger partial charge in [-0.15, -0.1) is 0 Å². The Morgan fingerprint density at radius 3 is 2.67 bits per heavy atom. The molecule has 0 atom stereocenters. The van der Waals surface area contributed by atoms with Crippen LogP contribution in [-0.2, 0) is 6.54 Å². The fraction of sp³-hybridized carbons (Fsp3) is 0.357. The zero-order valence-electron chi connectivity index (χ0n) is 12.1. The van der Waals surface area contributed by atoms with E-state index < -0.39 is 0 Å². The maximum absolute atomic E-state index is 10.6. The van der Waals surface area contributed by atoms with Crippen molar-refractivity contribution < 1.29 is 4.92 Å². The molecule has 2 rings (SSSR count). The first-order chi connectivity index (χ1) is 10.1. The Bertz CT molecular complexity index is 593. The van der Waals surface area contributed by atoms with Crippen LogP contribution in [0.15, 0.2) is 29.8 Å². The van der Waals surface area contributed by atoms with E-state index in [1.165, 1.54) is 0 Å². The van der Waals surface area contributed by atoms with Gasteiger partial charge in [0.2, 0.25) is 0 Å². The largest absolute Gasteiger partial charge is 0.380 e. The van der Waals surface area contributed by atoms with Gasteiger partial charge in [0.1, 0.15) is 5.82 Å². The van der Waals surface area contributed by atoms with Gasteiger partial charge in [0.15, 0.2) is 0 Å². The molecule has 0 unspecified atom stereocenters. The highest BCUT2D eigenvalue weighted by Crippen LogP contribution is 2.23. The molecule has 0 aromatic carbocycles. The lowest BCUT2D eigenvalue weighted by molar-refractivity contribution is -0.380. The van der Waals surface area contributed by atoms with E-state index in [0.717, 1.165) is 41.5 Å². The van der Waals surface area contributed by atoms with Gasteiger partial charge in [0, 0.05) is 31.1 Å². The normalized spacial score (nSPS) is 10.4. The minimum atomic E-state index is -0.366. The maximum atomic E-state index is 10.6. The topological polar surface area (TPSA) is 71.3 Å². The van der Waals surface area contributed by atoms with Crippen molar-refractivity contribution in [2.75, 3.05) is 23.3 Å². The van der Waals surface area contributed by atoms with Gasteiger partial charge < -0.3 is 10.2 Å². The molecule has 1 N–H and O–H groups in total. The van der Waals surface area contributed by atoms with Crippen LogP contribution in [0.3, 0.4) is 0 Å². The smallest absolute Gasteiger partial charge is 0.324 e. The fourth-order valence-corrected chi connectivity index (χ4v) is 2.71. The van der Waals surface area contributed by atoms with Gasteiger partial charge >= 0.3 is 5.00 Å². The molecular weight excluding hydrogens is 288 g/mol. The molecule has 0 aliphatic heterocycles. The van der Waals surface area contributed by atoms with Crippen LogP contribution in [0.4, 0.5) is 16.5 Å². The highest BCUT2D eigenvalue weighted by atomic mass is 32.1. The minimum Gasteiger partial charge on any atom is -0.380 e. The summed E-state index contributed by atoms with van der Waals surface area (Å²) in [4.78, 5) is 16.9. The molecule has 112 valence electrons. The van der Waals surface area contributed by atoms with E-state index in [-0.39, 0.29) is 9.92 Å². The van der Waals surface area contributed by atoms with Gasteiger partial charge in [-0.05, 0) is 31.5 Å². The molecule has 0 aliphatic carbocycles. The van der Waals surface area contributed by atoms with Crippen LogP contribution in [0.5, 0.6) is 0 Å². The van der Waals surface area contributed by atoms with Crippen molar-refractivity contribution in [3.05, 3.63) is 45.5 Å². The van der Waals surface area contributed by atoms with Gasteiger partial charge in [0.25, 0.3) is 0 Å². The molecule has 0 saturated carbocycles. The van der Waals surface area contributed by atoms with Crippen molar-refractivity contribution in [3.8, 4) is 0 Å². The third kappa shape index (κ3) is 3.91. The van der Waals surface area contributed by atoms with Crippen LogP contribution in [0.1, 0.15) is 19.4 Å². The predicted molar refractivity (Wildman–Crippen MR) is 86.1 cm³/mol. The molecule has 0 spiro atoms. The molecule has 2 aromatic rings. The fourth-order valence-electron chi connectivity index (χ4n) is 1.98. The molecular formula is C14H18N4O2S. The van der Waals surface area contributed by atoms with Gasteiger partial charge in [-0.1, -0.05) is 11.3 Å². The zero-order valence-corrected chi connectivity index (χ0v) is 12.9. The Hall–Kier alpha value is -2.15. The minimum absolute atomic E-state index is 0.168. The van der Waals surface area contributed by atoms with E-state index in [1.807, 2.05) is 12.1 Å². The Labute approximate surface area is 127 Å². The lowest BCUT2D eigenvalue weighted by Gasteiger charge is -2.19. The SMILES string of the molecule is CCN(CC)c1ccc(NCc2csc([N+](=O)[O-])c2)cn1. The summed E-state index contributed by atoms with van der Waals surface area (Å²) >= 11 is 1.14. The summed E-state index contributed by atoms with van der Waals surface area (Å²) in [5, 5.41) is 15.8. The number of nitro groups is 1. The summed E-state index contributed by atoms with van der Waals surface area (Å²) in [5.41, 5.74) is 1.80. The Morgan fingerprint density at radius 2 is 2.14 bits per heavy atom. The average Bonchev–Trinajstić information content (AvgIpc) is 2.97. The van der Waals surface area contributed by atoms with Crippen LogP contribution in [0, 0.1) is 10.1 Å². The lowest BCUT2D eigenvalue weighted by atomic mass is 10.3. The molecule has 6 nitrogen and oxygen atoms in total. The highest BCUT2D eigenvalue weighted by Gasteiger charge is 2.09. The maximum Gasteiger partial charge on any atom is 0.324 e. The number of rotatable bonds is 7. The number of hydrogen-bond donors (Lipinski definition) is 1. The Morgan fingerprint density at radius 1 is 1.38 bits per heavy atom. The van der Waals surface area contributed by atoms with Crippen LogP contribution >= 0.6 is 11.3 Å². The number of nitrogens with one attached hydrogen (secondary N) is 1. The molecule has 0 radical (unpaired) electrons. The van der Waals surface area contributed by atoms with Crippen molar-refractivity contribution in [2.45, 2.75) is 20.4 Å². The molecule has 21 heavy (non-hydrogen) atoms. The summed E-state index contributed by atoms with van der Waals surface area (Å²) in [5.74, 6) is 0.955. The van der Waals surface area contributed by atoms with Gasteiger partial charge in [-0.25, -0.2) is 4.98 Å². The highest BCUT2D eigenvalue weighted by molar-refractivity contribution is 7.13. The van der Waals surface area contributed by atoms with Crippen molar-refractivity contribution in [2.24, 2.45) is 0 Å². The quantitative estimate of drug-likeness (QED) is 0.626. The summed E-state index contributed by atoms with van der Waals surface area (Å²) in [6.07, 6.45) is 1.79. The van der Waals surface area contributed by atoms with E-state index in [9.17, 15) is 10.1 Å². The molecule has 0 amide bonds. The number of nitrogens with zero attached hydrogens (tertiary/aromatic N) is 3. The average molecular weight is 306 g/mol. The second-order valence-electron chi connectivity index (χ2n) is 4.48. The van der Waals surface area contributed by atoms with E-state index in [4.69, 9.17) is 0 Å². The number of anilines is 2. The monoisotopic (exact) mass is 306 g/mol. The summed E-state index contributed by atoms with van der Waals surface area (Å²) < 4.78 is 0. The molecule has 2 aromatic heterocycles. The van der Waals surface area contributed by atoms with E-state index >= 15 is 0 Å². The van der Waals surface area contributed by atoms with Crippen molar-refractivity contribution in [1.29, 1.82) is 0 Å². The first-order valence-electron chi connectivity index (χ1n) is 6.80. The van der Waals surface area contributed by atoms with Gasteiger partial charge in [-0.2, -0.15) is 0 Å². The number of aromatic nitrogens is 1. The van der Waals surface area contributed by atoms with Crippen molar-refractivity contribution in [3.63, 3.8) is 0 Å². The first-order valence-corrected chi connectivity index (χ1v) is 7.68. The van der Waals surface area contributed by atoms with Gasteiger partial charge in [-0.3, -0.25) is 10.1 Å². The van der Waals surface area contributed by atoms with E-state index in [1.54, 1.807) is 17.6 Å². The molecule has 0 aliphatic rings. The standard InChI is InChI=1S/C14H18N4O2S/c1-3-17(4-2)13-6-5-12(9-16-13)15-8-11-7-14(18(19)20)21-10-11/h5-7,9-10,15H,3-4,8H2,1-2H3. The van der Waals surface area contributed by atoms with Crippen molar-refractivity contribution >= 4 is 27.8 Å². The molecule has 0 saturated heterocycles. The van der Waals surface area contributed by atoms with E-state index in [2.05, 4.69) is 29.0 Å². The summed E-state index contributed by atoms with van der Waals surface area (Å²) in [7, 11) is 0. The summed E-state index contributed by atoms with van der Waals surface area (Å²) in [6.45, 7) is 6.60. The molecule has 0 bridgehead atoms. The van der Waals surface area contributed by atoms with E-state index in [0.29, 0.717) is 6.54 Å². The molecule has 2 heterocycles. The number of pyridine rings is 1. The van der Waals surface area contributed by atoms with Crippen LogP contribution in [0.25, 0.3) is 0 Å². The van der Waals surface area contributed by atoms with Crippen molar-refractivity contribution in [1.82, 2.24) is 4.98 Å². The second kappa shape index (κ2) is 7.03. The number of hydrogen-bond acceptors (Lipinski definition) is 6. The summed E-state index contributed by atoms with van der Waals surface area (Å²) in [6, 6.07) is 5.54. The van der Waals surface area contributed by atoms with Crippen LogP contribution < -0.4 is 10.2 Å². The van der Waals surface area contributed by atoms with Crippen LogP contribution in [-0.4, -0.2) is 23.0 Å². The number of thiophene rings is 1. The predicted octanol–water partition coefficient (Wildman–Crippen LogP) is 3.51.